The predicted octanol–water partition coefficient (Wildman–Crippen LogP) is 10.3. The molecule has 3 heterocycles. The Kier molecular flexibility index (Phi) is 5.47. The van der Waals surface area contributed by atoms with Crippen LogP contribution >= 0.6 is 0 Å². The van der Waals surface area contributed by atoms with Crippen molar-refractivity contribution in [3.05, 3.63) is 152 Å². The number of rotatable bonds is 4. The third-order valence-corrected chi connectivity index (χ3v) is 8.40. The Labute approximate surface area is 254 Å². The van der Waals surface area contributed by atoms with Gasteiger partial charge in [-0.15, -0.1) is 0 Å². The van der Waals surface area contributed by atoms with E-state index in [4.69, 9.17) is 14.7 Å². The first kappa shape index (κ1) is 24.6. The summed E-state index contributed by atoms with van der Waals surface area (Å²) in [6, 6.07) is 52.5. The van der Waals surface area contributed by atoms with Gasteiger partial charge in [0, 0.05) is 27.5 Å². The Morgan fingerprint density at radius 3 is 1.82 bits per heavy atom. The van der Waals surface area contributed by atoms with Crippen molar-refractivity contribution in [2.75, 3.05) is 0 Å². The molecule has 0 N–H and O–H groups in total. The molecule has 0 bridgehead atoms. The maximum atomic E-state index is 6.31. The molecule has 2 aromatic heterocycles. The molecule has 9 rings (SSSR count). The van der Waals surface area contributed by atoms with Gasteiger partial charge in [0.2, 0.25) is 0 Å². The lowest BCUT2D eigenvalue weighted by atomic mass is 10.00. The standard InChI is InChI=1S/C40H25N3O/c1-3-11-26(12-4-1)33-25-34(27-13-5-2-6-14-27)42-40(41-33)30-16-9-15-28(23-30)29-21-22-35-32(24-29)31-17-10-20-38-39(31)43(35)36-18-7-8-19-37(36)44-38/h1-25H. The van der Waals surface area contributed by atoms with Crippen molar-refractivity contribution in [3.63, 3.8) is 0 Å². The second kappa shape index (κ2) is 9.79. The van der Waals surface area contributed by atoms with E-state index in [-0.39, 0.29) is 0 Å². The van der Waals surface area contributed by atoms with Crippen molar-refractivity contribution in [2.45, 2.75) is 0 Å². The molecule has 0 fully saturated rings. The minimum absolute atomic E-state index is 0.703. The smallest absolute Gasteiger partial charge is 0.160 e. The summed E-state index contributed by atoms with van der Waals surface area (Å²) in [4.78, 5) is 10.1. The zero-order chi connectivity index (χ0) is 29.0. The van der Waals surface area contributed by atoms with E-state index in [0.717, 1.165) is 67.4 Å². The number of benzene rings is 6. The zero-order valence-electron chi connectivity index (χ0n) is 23.7. The molecule has 0 atom stereocenters. The van der Waals surface area contributed by atoms with Gasteiger partial charge in [-0.05, 0) is 53.6 Å². The van der Waals surface area contributed by atoms with Gasteiger partial charge in [0.1, 0.15) is 0 Å². The zero-order valence-corrected chi connectivity index (χ0v) is 23.7. The van der Waals surface area contributed by atoms with Gasteiger partial charge < -0.3 is 9.30 Å². The van der Waals surface area contributed by atoms with Crippen LogP contribution < -0.4 is 4.74 Å². The summed E-state index contributed by atoms with van der Waals surface area (Å²) in [7, 11) is 0. The van der Waals surface area contributed by atoms with E-state index in [0.29, 0.717) is 5.82 Å². The van der Waals surface area contributed by atoms with E-state index < -0.39 is 0 Å². The molecule has 0 saturated carbocycles. The van der Waals surface area contributed by atoms with Crippen molar-refractivity contribution in [3.8, 4) is 62.2 Å². The van der Waals surface area contributed by atoms with Crippen LogP contribution in [0, 0.1) is 0 Å². The van der Waals surface area contributed by atoms with Crippen LogP contribution in [0.4, 0.5) is 0 Å². The summed E-state index contributed by atoms with van der Waals surface area (Å²) >= 11 is 0. The van der Waals surface area contributed by atoms with Gasteiger partial charge in [-0.2, -0.15) is 0 Å². The van der Waals surface area contributed by atoms with Crippen LogP contribution in [0.2, 0.25) is 0 Å². The molecule has 206 valence electrons. The van der Waals surface area contributed by atoms with E-state index in [1.807, 2.05) is 54.6 Å². The number of fused-ring (bicyclic) bond motifs is 5. The third kappa shape index (κ3) is 3.92. The Hall–Kier alpha value is -6.00. The molecule has 0 amide bonds. The van der Waals surface area contributed by atoms with Gasteiger partial charge in [0.15, 0.2) is 17.3 Å². The largest absolute Gasteiger partial charge is 0.453 e. The number of hydrogen-bond acceptors (Lipinski definition) is 3. The fourth-order valence-electron chi connectivity index (χ4n) is 6.32. The summed E-state index contributed by atoms with van der Waals surface area (Å²) < 4.78 is 8.63. The number of para-hydroxylation sites is 3. The first-order chi connectivity index (χ1) is 21.8. The van der Waals surface area contributed by atoms with E-state index in [1.54, 1.807) is 0 Å². The maximum absolute atomic E-state index is 6.31. The topological polar surface area (TPSA) is 39.9 Å². The van der Waals surface area contributed by atoms with Gasteiger partial charge >= 0.3 is 0 Å². The molecule has 0 spiro atoms. The van der Waals surface area contributed by atoms with Crippen molar-refractivity contribution < 1.29 is 4.74 Å². The van der Waals surface area contributed by atoms with E-state index in [1.165, 1.54) is 10.8 Å². The molecular weight excluding hydrogens is 538 g/mol. The van der Waals surface area contributed by atoms with E-state index in [9.17, 15) is 0 Å². The molecule has 1 aliphatic heterocycles. The van der Waals surface area contributed by atoms with Crippen LogP contribution in [0.3, 0.4) is 0 Å². The highest BCUT2D eigenvalue weighted by atomic mass is 16.5. The molecule has 0 aliphatic carbocycles. The average molecular weight is 564 g/mol. The van der Waals surface area contributed by atoms with Crippen LogP contribution in [0.5, 0.6) is 11.5 Å². The highest BCUT2D eigenvalue weighted by molar-refractivity contribution is 6.13. The van der Waals surface area contributed by atoms with Crippen molar-refractivity contribution in [2.24, 2.45) is 0 Å². The lowest BCUT2D eigenvalue weighted by Crippen LogP contribution is -2.03. The van der Waals surface area contributed by atoms with Crippen LogP contribution in [0.15, 0.2) is 152 Å². The Morgan fingerprint density at radius 2 is 1.05 bits per heavy atom. The monoisotopic (exact) mass is 563 g/mol. The highest BCUT2D eigenvalue weighted by Crippen LogP contribution is 2.45. The van der Waals surface area contributed by atoms with Crippen molar-refractivity contribution in [1.82, 2.24) is 14.5 Å². The molecule has 6 aromatic carbocycles. The van der Waals surface area contributed by atoms with Crippen LogP contribution in [-0.2, 0) is 0 Å². The van der Waals surface area contributed by atoms with Crippen molar-refractivity contribution in [1.29, 1.82) is 0 Å². The molecule has 4 nitrogen and oxygen atoms in total. The molecule has 4 heteroatoms. The van der Waals surface area contributed by atoms with Crippen LogP contribution in [0.25, 0.3) is 72.5 Å². The second-order valence-corrected chi connectivity index (χ2v) is 11.1. The van der Waals surface area contributed by atoms with Gasteiger partial charge in [-0.1, -0.05) is 109 Å². The third-order valence-electron chi connectivity index (χ3n) is 8.40. The van der Waals surface area contributed by atoms with E-state index >= 15 is 0 Å². The van der Waals surface area contributed by atoms with Gasteiger partial charge in [-0.25, -0.2) is 9.97 Å². The predicted molar refractivity (Wildman–Crippen MR) is 178 cm³/mol. The Balaban J connectivity index is 1.19. The fraction of sp³-hybridized carbons (Fsp3) is 0. The molecule has 0 saturated heterocycles. The highest BCUT2D eigenvalue weighted by Gasteiger charge is 2.23. The summed E-state index contributed by atoms with van der Waals surface area (Å²) in [5.74, 6) is 2.45. The first-order valence-corrected chi connectivity index (χ1v) is 14.8. The fourth-order valence-corrected chi connectivity index (χ4v) is 6.32. The summed E-state index contributed by atoms with van der Waals surface area (Å²) in [6.45, 7) is 0. The molecule has 44 heavy (non-hydrogen) atoms. The molecule has 8 aromatic rings. The summed E-state index contributed by atoms with van der Waals surface area (Å²) in [6.07, 6.45) is 0. The van der Waals surface area contributed by atoms with Crippen LogP contribution in [0.1, 0.15) is 0 Å². The van der Waals surface area contributed by atoms with Crippen molar-refractivity contribution >= 4 is 21.8 Å². The van der Waals surface area contributed by atoms with Gasteiger partial charge in [0.25, 0.3) is 0 Å². The van der Waals surface area contributed by atoms with Gasteiger partial charge in [0.05, 0.1) is 28.1 Å². The number of aromatic nitrogens is 3. The minimum atomic E-state index is 0.703. The first-order valence-electron chi connectivity index (χ1n) is 14.8. The quantitative estimate of drug-likeness (QED) is 0.214. The molecular formula is C40H25N3O. The Morgan fingerprint density at radius 1 is 0.432 bits per heavy atom. The number of nitrogens with zero attached hydrogens (tertiary/aromatic N) is 3. The maximum Gasteiger partial charge on any atom is 0.160 e. The average Bonchev–Trinajstić information content (AvgIpc) is 3.44. The minimum Gasteiger partial charge on any atom is -0.453 e. The molecule has 0 unspecified atom stereocenters. The van der Waals surface area contributed by atoms with Gasteiger partial charge in [-0.3, -0.25) is 0 Å². The Bertz CT molecular complexity index is 2300. The summed E-state index contributed by atoms with van der Waals surface area (Å²) in [5, 5.41) is 2.37. The van der Waals surface area contributed by atoms with E-state index in [2.05, 4.69) is 102 Å². The SMILES string of the molecule is c1ccc(-c2cc(-c3ccccc3)nc(-c3cccc(-c4ccc5c(c4)c4cccc6c4n5-c4ccccc4O6)c3)n2)cc1. The number of hydrogen-bond donors (Lipinski definition) is 0. The molecule has 1 aliphatic rings. The molecule has 0 radical (unpaired) electrons. The lowest BCUT2D eigenvalue weighted by molar-refractivity contribution is 0.476. The summed E-state index contributed by atoms with van der Waals surface area (Å²) in [5.41, 5.74) is 10.5. The normalized spacial score (nSPS) is 11.8. The second-order valence-electron chi connectivity index (χ2n) is 11.1. The lowest BCUT2D eigenvalue weighted by Gasteiger charge is -2.20. The van der Waals surface area contributed by atoms with Crippen LogP contribution in [-0.4, -0.2) is 14.5 Å². The number of ether oxygens (including phenoxy) is 1.